The summed E-state index contributed by atoms with van der Waals surface area (Å²) in [5.74, 6) is 1.54. The van der Waals surface area contributed by atoms with Gasteiger partial charge in [-0.3, -0.25) is 4.90 Å². The first-order valence-electron chi connectivity index (χ1n) is 12.0. The molecular weight excluding hydrogens is 402 g/mol. The molecule has 0 amide bonds. The first kappa shape index (κ1) is 23.1. The molecule has 1 aliphatic heterocycles. The molecule has 32 heavy (non-hydrogen) atoms. The van der Waals surface area contributed by atoms with E-state index >= 15 is 0 Å². The number of hydrogen-bond donors (Lipinski definition) is 0. The van der Waals surface area contributed by atoms with Crippen molar-refractivity contribution < 1.29 is 18.9 Å². The Morgan fingerprint density at radius 2 is 1.66 bits per heavy atom. The van der Waals surface area contributed by atoms with Crippen molar-refractivity contribution in [1.29, 1.82) is 0 Å². The highest BCUT2D eigenvalue weighted by Crippen LogP contribution is 2.30. The van der Waals surface area contributed by atoms with Crippen LogP contribution in [0.2, 0.25) is 0 Å². The van der Waals surface area contributed by atoms with Gasteiger partial charge >= 0.3 is 0 Å². The summed E-state index contributed by atoms with van der Waals surface area (Å²) in [4.78, 5) is 2.62. The zero-order chi connectivity index (χ0) is 22.2. The van der Waals surface area contributed by atoms with Crippen LogP contribution in [0.15, 0.2) is 48.5 Å². The second kappa shape index (κ2) is 11.7. The molecule has 1 aliphatic carbocycles. The summed E-state index contributed by atoms with van der Waals surface area (Å²) in [6.07, 6.45) is 7.58. The van der Waals surface area contributed by atoms with Crippen molar-refractivity contribution in [3.63, 3.8) is 0 Å². The second-order valence-electron chi connectivity index (χ2n) is 8.90. The van der Waals surface area contributed by atoms with Crippen molar-refractivity contribution in [2.24, 2.45) is 0 Å². The first-order valence-corrected chi connectivity index (χ1v) is 12.0. The van der Waals surface area contributed by atoms with Crippen LogP contribution >= 0.6 is 0 Å². The van der Waals surface area contributed by atoms with E-state index in [1.54, 1.807) is 14.2 Å². The van der Waals surface area contributed by atoms with E-state index in [0.29, 0.717) is 24.9 Å². The standard InChI is InChI=1S/C27H37NO4/c1-29-26-13-12-21(18-27(26)30-2)15-17-31-25-11-7-6-10-24(25)28-16-14-23(19-28)32-20-22-8-4-3-5-9-22/h3-5,8-9,12-13,18,23-25H,6-7,10-11,14-17,19-20H2,1-2H3/t23-,24+,25?/m1/s1. The minimum Gasteiger partial charge on any atom is -0.493 e. The molecule has 2 aromatic rings. The molecule has 1 unspecified atom stereocenters. The highest BCUT2D eigenvalue weighted by atomic mass is 16.5. The number of likely N-dealkylation sites (tertiary alicyclic amines) is 1. The van der Waals surface area contributed by atoms with Crippen LogP contribution in [-0.4, -0.2) is 57.1 Å². The third-order valence-corrected chi connectivity index (χ3v) is 6.81. The molecule has 0 bridgehead atoms. The number of ether oxygens (including phenoxy) is 4. The predicted molar refractivity (Wildman–Crippen MR) is 126 cm³/mol. The van der Waals surface area contributed by atoms with Crippen LogP contribution in [0.3, 0.4) is 0 Å². The summed E-state index contributed by atoms with van der Waals surface area (Å²) in [7, 11) is 3.34. The third-order valence-electron chi connectivity index (χ3n) is 6.81. The van der Waals surface area contributed by atoms with Gasteiger partial charge in [0.25, 0.3) is 0 Å². The third kappa shape index (κ3) is 6.03. The van der Waals surface area contributed by atoms with Crippen molar-refractivity contribution >= 4 is 0 Å². The van der Waals surface area contributed by atoms with E-state index in [4.69, 9.17) is 18.9 Å². The molecule has 5 heteroatoms. The van der Waals surface area contributed by atoms with Gasteiger partial charge in [0.05, 0.1) is 39.6 Å². The Labute approximate surface area is 192 Å². The van der Waals surface area contributed by atoms with Gasteiger partial charge in [-0.1, -0.05) is 49.2 Å². The van der Waals surface area contributed by atoms with E-state index in [2.05, 4.69) is 47.4 Å². The minimum absolute atomic E-state index is 0.316. The molecule has 3 atom stereocenters. The molecule has 1 heterocycles. The van der Waals surface area contributed by atoms with Crippen molar-refractivity contribution in [1.82, 2.24) is 4.90 Å². The Kier molecular flexibility index (Phi) is 8.43. The van der Waals surface area contributed by atoms with Gasteiger partial charge in [0.2, 0.25) is 0 Å². The van der Waals surface area contributed by atoms with Crippen LogP contribution in [0.4, 0.5) is 0 Å². The molecule has 174 valence electrons. The summed E-state index contributed by atoms with van der Waals surface area (Å²) in [6.45, 7) is 3.57. The first-order chi connectivity index (χ1) is 15.8. The quantitative estimate of drug-likeness (QED) is 0.528. The normalized spacial score (nSPS) is 23.9. The lowest BCUT2D eigenvalue weighted by Gasteiger charge is -2.37. The highest BCUT2D eigenvalue weighted by Gasteiger charge is 2.35. The average molecular weight is 440 g/mol. The van der Waals surface area contributed by atoms with Gasteiger partial charge < -0.3 is 18.9 Å². The van der Waals surface area contributed by atoms with Gasteiger partial charge in [0.1, 0.15) is 0 Å². The molecule has 0 aromatic heterocycles. The smallest absolute Gasteiger partial charge is 0.160 e. The highest BCUT2D eigenvalue weighted by molar-refractivity contribution is 5.42. The summed E-state index contributed by atoms with van der Waals surface area (Å²) >= 11 is 0. The monoisotopic (exact) mass is 439 g/mol. The number of rotatable bonds is 10. The topological polar surface area (TPSA) is 40.2 Å². The fourth-order valence-corrected chi connectivity index (χ4v) is 5.03. The van der Waals surface area contributed by atoms with Crippen LogP contribution < -0.4 is 9.47 Å². The number of methoxy groups -OCH3 is 2. The molecule has 2 aromatic carbocycles. The fraction of sp³-hybridized carbons (Fsp3) is 0.556. The van der Waals surface area contributed by atoms with Crippen molar-refractivity contribution in [2.75, 3.05) is 33.9 Å². The lowest BCUT2D eigenvalue weighted by molar-refractivity contribution is -0.0352. The van der Waals surface area contributed by atoms with E-state index < -0.39 is 0 Å². The molecule has 5 nitrogen and oxygen atoms in total. The minimum atomic E-state index is 0.316. The Morgan fingerprint density at radius 1 is 0.844 bits per heavy atom. The van der Waals surface area contributed by atoms with Crippen molar-refractivity contribution in [3.05, 3.63) is 59.7 Å². The van der Waals surface area contributed by atoms with E-state index in [1.165, 1.54) is 30.4 Å². The van der Waals surface area contributed by atoms with Gasteiger partial charge in [-0.2, -0.15) is 0 Å². The average Bonchev–Trinajstić information content (AvgIpc) is 3.32. The molecule has 2 fully saturated rings. The maximum atomic E-state index is 6.45. The molecule has 0 N–H and O–H groups in total. The lowest BCUT2D eigenvalue weighted by atomic mass is 9.91. The van der Waals surface area contributed by atoms with Crippen LogP contribution in [-0.2, 0) is 22.5 Å². The molecule has 1 saturated carbocycles. The molecule has 1 saturated heterocycles. The van der Waals surface area contributed by atoms with E-state index in [9.17, 15) is 0 Å². The van der Waals surface area contributed by atoms with Gasteiger partial charge in [-0.05, 0) is 48.9 Å². The zero-order valence-electron chi connectivity index (χ0n) is 19.5. The SMILES string of the molecule is COc1ccc(CCOC2CCCC[C@@H]2N2CC[C@@H](OCc3ccccc3)C2)cc1OC. The Morgan fingerprint density at radius 3 is 2.47 bits per heavy atom. The molecule has 4 rings (SSSR count). The largest absolute Gasteiger partial charge is 0.493 e. The molecule has 2 aliphatic rings. The van der Waals surface area contributed by atoms with Crippen LogP contribution in [0.25, 0.3) is 0 Å². The van der Waals surface area contributed by atoms with E-state index in [1.807, 2.05) is 6.07 Å². The van der Waals surface area contributed by atoms with Crippen molar-refractivity contribution in [2.45, 2.75) is 63.4 Å². The Hall–Kier alpha value is -2.08. The van der Waals surface area contributed by atoms with Crippen LogP contribution in [0, 0.1) is 0 Å². The van der Waals surface area contributed by atoms with Crippen molar-refractivity contribution in [3.8, 4) is 11.5 Å². The number of benzene rings is 2. The van der Waals surface area contributed by atoms with Gasteiger partial charge in [0.15, 0.2) is 11.5 Å². The fourth-order valence-electron chi connectivity index (χ4n) is 5.03. The van der Waals surface area contributed by atoms with Gasteiger partial charge in [-0.15, -0.1) is 0 Å². The summed E-state index contributed by atoms with van der Waals surface area (Å²) in [5.41, 5.74) is 2.46. The second-order valence-corrected chi connectivity index (χ2v) is 8.90. The molecule has 0 radical (unpaired) electrons. The maximum Gasteiger partial charge on any atom is 0.160 e. The Bertz CT molecular complexity index is 828. The van der Waals surface area contributed by atoms with Gasteiger partial charge in [0, 0.05) is 19.1 Å². The summed E-state index contributed by atoms with van der Waals surface area (Å²) in [6, 6.07) is 17.1. The Balaban J connectivity index is 1.26. The predicted octanol–water partition coefficient (Wildman–Crippen LogP) is 4.87. The molecular formula is C27H37NO4. The maximum absolute atomic E-state index is 6.45. The summed E-state index contributed by atoms with van der Waals surface area (Å²) in [5, 5.41) is 0. The lowest BCUT2D eigenvalue weighted by Crippen LogP contribution is -2.46. The summed E-state index contributed by atoms with van der Waals surface area (Å²) < 4.78 is 23.4. The van der Waals surface area contributed by atoms with E-state index in [-0.39, 0.29) is 0 Å². The molecule has 0 spiro atoms. The number of nitrogens with zero attached hydrogens (tertiary/aromatic N) is 1. The number of hydrogen-bond acceptors (Lipinski definition) is 5. The van der Waals surface area contributed by atoms with Crippen LogP contribution in [0.5, 0.6) is 11.5 Å². The van der Waals surface area contributed by atoms with E-state index in [0.717, 1.165) is 50.5 Å². The van der Waals surface area contributed by atoms with Crippen LogP contribution in [0.1, 0.15) is 43.2 Å². The van der Waals surface area contributed by atoms with Gasteiger partial charge in [-0.25, -0.2) is 0 Å². The zero-order valence-corrected chi connectivity index (χ0v) is 19.5.